The zero-order chi connectivity index (χ0) is 19.5. The average Bonchev–Trinajstić information content (AvgIpc) is 3.07. The predicted octanol–water partition coefficient (Wildman–Crippen LogP) is 2.60. The van der Waals surface area contributed by atoms with Gasteiger partial charge in [0, 0.05) is 11.8 Å². The molecule has 1 aromatic heterocycles. The number of hydrogen-bond acceptors (Lipinski definition) is 4. The number of carbonyl (C=O) groups is 1. The molecule has 1 fully saturated rings. The zero-order valence-corrected chi connectivity index (χ0v) is 17.5. The number of quaternary nitrogens is 1. The van der Waals surface area contributed by atoms with Crippen LogP contribution in [0.25, 0.3) is 0 Å². The van der Waals surface area contributed by atoms with Gasteiger partial charge in [0.05, 0.1) is 31.5 Å². The van der Waals surface area contributed by atoms with E-state index >= 15 is 0 Å². The number of fused-ring (bicyclic) bond motifs is 1. The topological polar surface area (TPSA) is 52.0 Å². The highest BCUT2D eigenvalue weighted by atomic mass is 32.1. The van der Waals surface area contributed by atoms with Crippen LogP contribution in [0, 0.1) is 0 Å². The predicted molar refractivity (Wildman–Crippen MR) is 112 cm³/mol. The van der Waals surface area contributed by atoms with Crippen molar-refractivity contribution < 1.29 is 19.2 Å². The molecule has 2 N–H and O–H groups in total. The summed E-state index contributed by atoms with van der Waals surface area (Å²) in [5.74, 6) is 0.909. The Morgan fingerprint density at radius 2 is 1.96 bits per heavy atom. The summed E-state index contributed by atoms with van der Waals surface area (Å²) in [4.78, 5) is 14.9. The van der Waals surface area contributed by atoms with Crippen molar-refractivity contribution in [1.29, 1.82) is 0 Å². The van der Waals surface area contributed by atoms with E-state index in [1.807, 2.05) is 12.1 Å². The summed E-state index contributed by atoms with van der Waals surface area (Å²) in [5, 5.41) is 4.17. The summed E-state index contributed by atoms with van der Waals surface area (Å²) >= 11 is 1.77. The number of morpholine rings is 1. The molecule has 1 aliphatic heterocycles. The Morgan fingerprint density at radius 3 is 2.71 bits per heavy atom. The molecule has 150 valence electrons. The number of methoxy groups -OCH3 is 1. The molecule has 6 heteroatoms. The third kappa shape index (κ3) is 3.81. The van der Waals surface area contributed by atoms with Crippen LogP contribution in [0.1, 0.15) is 47.4 Å². The lowest BCUT2D eigenvalue weighted by Crippen LogP contribution is -3.14. The molecule has 5 nitrogen and oxygen atoms in total. The van der Waals surface area contributed by atoms with Crippen LogP contribution in [0.3, 0.4) is 0 Å². The minimum atomic E-state index is -0.00407. The van der Waals surface area contributed by atoms with Gasteiger partial charge >= 0.3 is 0 Å². The van der Waals surface area contributed by atoms with Crippen LogP contribution in [-0.2, 0) is 22.4 Å². The van der Waals surface area contributed by atoms with Crippen molar-refractivity contribution in [3.05, 3.63) is 45.8 Å². The number of para-hydroxylation sites is 1. The molecule has 0 radical (unpaired) electrons. The molecule has 0 bridgehead atoms. The second-order valence-corrected chi connectivity index (χ2v) is 8.69. The van der Waals surface area contributed by atoms with Crippen molar-refractivity contribution in [2.45, 2.75) is 38.6 Å². The summed E-state index contributed by atoms with van der Waals surface area (Å²) < 4.78 is 11.4. The molecular weight excluding hydrogens is 372 g/mol. The fraction of sp³-hybridized carbons (Fsp3) is 0.500. The first-order valence-electron chi connectivity index (χ1n) is 10.2. The molecule has 0 saturated carbocycles. The SMILES string of the molecule is COc1ccccc1[C@@H](c1c(NC(C)=O)sc2c1CCCC2)[NH+]1CCOCC1. The number of ether oxygens (including phenoxy) is 2. The van der Waals surface area contributed by atoms with E-state index in [0.717, 1.165) is 49.9 Å². The summed E-state index contributed by atoms with van der Waals surface area (Å²) in [6, 6.07) is 8.46. The Kier molecular flexibility index (Phi) is 5.99. The van der Waals surface area contributed by atoms with Gasteiger partial charge in [0.25, 0.3) is 0 Å². The lowest BCUT2D eigenvalue weighted by atomic mass is 9.88. The van der Waals surface area contributed by atoms with Gasteiger partial charge in [0.2, 0.25) is 5.91 Å². The highest BCUT2D eigenvalue weighted by molar-refractivity contribution is 7.16. The summed E-state index contributed by atoms with van der Waals surface area (Å²) in [5.41, 5.74) is 3.95. The van der Waals surface area contributed by atoms with Gasteiger partial charge in [-0.05, 0) is 43.4 Å². The van der Waals surface area contributed by atoms with Crippen LogP contribution in [0.15, 0.2) is 24.3 Å². The first-order chi connectivity index (χ1) is 13.7. The van der Waals surface area contributed by atoms with Gasteiger partial charge in [0.15, 0.2) is 0 Å². The molecule has 28 heavy (non-hydrogen) atoms. The van der Waals surface area contributed by atoms with Crippen LogP contribution >= 0.6 is 11.3 Å². The Labute approximate surface area is 170 Å². The third-order valence-corrected chi connectivity index (χ3v) is 7.01. The van der Waals surface area contributed by atoms with Crippen molar-refractivity contribution in [3.8, 4) is 5.75 Å². The molecular formula is C22H29N2O3S+. The molecule has 0 spiro atoms. The Bertz CT molecular complexity index is 842. The maximum atomic E-state index is 12.0. The van der Waals surface area contributed by atoms with Gasteiger partial charge in [-0.25, -0.2) is 0 Å². The van der Waals surface area contributed by atoms with Crippen molar-refractivity contribution in [2.24, 2.45) is 0 Å². The van der Waals surface area contributed by atoms with Crippen molar-refractivity contribution >= 4 is 22.2 Å². The molecule has 1 amide bonds. The van der Waals surface area contributed by atoms with Gasteiger partial charge in [-0.3, -0.25) is 4.79 Å². The minimum Gasteiger partial charge on any atom is -0.496 e. The van der Waals surface area contributed by atoms with Crippen LogP contribution in [0.2, 0.25) is 0 Å². The van der Waals surface area contributed by atoms with E-state index in [-0.39, 0.29) is 11.9 Å². The number of aryl methyl sites for hydroxylation is 1. The lowest BCUT2D eigenvalue weighted by Gasteiger charge is -2.33. The monoisotopic (exact) mass is 401 g/mol. The Balaban J connectivity index is 1.89. The van der Waals surface area contributed by atoms with E-state index in [1.54, 1.807) is 25.4 Å². The first kappa shape index (κ1) is 19.4. The van der Waals surface area contributed by atoms with Gasteiger partial charge in [-0.2, -0.15) is 0 Å². The number of carbonyl (C=O) groups excluding carboxylic acids is 1. The molecule has 2 aliphatic rings. The molecule has 4 rings (SSSR count). The number of rotatable bonds is 5. The van der Waals surface area contributed by atoms with Crippen molar-refractivity contribution in [2.75, 3.05) is 38.7 Å². The van der Waals surface area contributed by atoms with E-state index in [4.69, 9.17) is 9.47 Å². The third-order valence-electron chi connectivity index (χ3n) is 5.78. The smallest absolute Gasteiger partial charge is 0.221 e. The molecule has 2 aromatic rings. The number of anilines is 1. The van der Waals surface area contributed by atoms with Gasteiger partial charge in [0.1, 0.15) is 29.9 Å². The largest absolute Gasteiger partial charge is 0.496 e. The average molecular weight is 402 g/mol. The van der Waals surface area contributed by atoms with E-state index in [1.165, 1.54) is 39.3 Å². The fourth-order valence-corrected chi connectivity index (χ4v) is 5.93. The molecule has 1 aliphatic carbocycles. The summed E-state index contributed by atoms with van der Waals surface area (Å²) in [6.07, 6.45) is 4.66. The quantitative estimate of drug-likeness (QED) is 0.810. The maximum absolute atomic E-state index is 12.0. The van der Waals surface area contributed by atoms with E-state index in [9.17, 15) is 4.79 Å². The summed E-state index contributed by atoms with van der Waals surface area (Å²) in [6.45, 7) is 5.04. The molecule has 2 heterocycles. The maximum Gasteiger partial charge on any atom is 0.221 e. The minimum absolute atomic E-state index is 0.00407. The van der Waals surface area contributed by atoms with Crippen LogP contribution < -0.4 is 15.0 Å². The van der Waals surface area contributed by atoms with Crippen LogP contribution in [0.4, 0.5) is 5.00 Å². The number of thiophene rings is 1. The van der Waals surface area contributed by atoms with Crippen molar-refractivity contribution in [1.82, 2.24) is 0 Å². The van der Waals surface area contributed by atoms with E-state index < -0.39 is 0 Å². The second kappa shape index (κ2) is 8.64. The standard InChI is InChI=1S/C22H28N2O3S/c1-15(25)23-22-20(17-8-4-6-10-19(17)28-22)21(24-11-13-27-14-12-24)16-7-3-5-9-18(16)26-2/h3,5,7,9,21H,4,6,8,10-14H2,1-2H3,(H,23,25)/p+1/t21-/m0/s1. The highest BCUT2D eigenvalue weighted by Crippen LogP contribution is 2.43. The second-order valence-electron chi connectivity index (χ2n) is 7.58. The Hall–Kier alpha value is -1.89. The van der Waals surface area contributed by atoms with Gasteiger partial charge in [-0.15, -0.1) is 11.3 Å². The van der Waals surface area contributed by atoms with Crippen LogP contribution in [0.5, 0.6) is 5.75 Å². The number of benzene rings is 1. The number of amides is 1. The molecule has 1 saturated heterocycles. The van der Waals surface area contributed by atoms with Crippen LogP contribution in [-0.4, -0.2) is 39.3 Å². The highest BCUT2D eigenvalue weighted by Gasteiger charge is 2.37. The summed E-state index contributed by atoms with van der Waals surface area (Å²) in [7, 11) is 1.74. The number of hydrogen-bond donors (Lipinski definition) is 2. The number of nitrogens with one attached hydrogen (secondary N) is 2. The Morgan fingerprint density at radius 1 is 1.21 bits per heavy atom. The molecule has 1 atom stereocenters. The van der Waals surface area contributed by atoms with E-state index in [2.05, 4.69) is 17.4 Å². The molecule has 0 unspecified atom stereocenters. The van der Waals surface area contributed by atoms with E-state index in [0.29, 0.717) is 0 Å². The van der Waals surface area contributed by atoms with Gasteiger partial charge < -0.3 is 19.7 Å². The normalized spacial score (nSPS) is 18.4. The van der Waals surface area contributed by atoms with Gasteiger partial charge in [-0.1, -0.05) is 12.1 Å². The fourth-order valence-electron chi connectivity index (χ4n) is 4.56. The molecule has 1 aromatic carbocycles. The van der Waals surface area contributed by atoms with Crippen molar-refractivity contribution in [3.63, 3.8) is 0 Å². The first-order valence-corrected chi connectivity index (χ1v) is 11.0. The zero-order valence-electron chi connectivity index (χ0n) is 16.7. The lowest BCUT2D eigenvalue weighted by molar-refractivity contribution is -0.933.